The number of hydrogen-bond donors (Lipinski definition) is 2. The van der Waals surface area contributed by atoms with E-state index in [0.29, 0.717) is 23.2 Å². The largest absolute Gasteiger partial charge is 0.484 e. The lowest BCUT2D eigenvalue weighted by atomic mass is 10.3. The van der Waals surface area contributed by atoms with Crippen LogP contribution >= 0.6 is 11.8 Å². The zero-order chi connectivity index (χ0) is 12.7. The van der Waals surface area contributed by atoms with Gasteiger partial charge in [-0.2, -0.15) is 11.8 Å². The summed E-state index contributed by atoms with van der Waals surface area (Å²) in [6, 6.07) is 7.03. The van der Waals surface area contributed by atoms with E-state index in [0.717, 1.165) is 0 Å². The van der Waals surface area contributed by atoms with E-state index in [1.54, 1.807) is 36.0 Å². The van der Waals surface area contributed by atoms with Crippen molar-refractivity contribution in [1.29, 1.82) is 0 Å². The summed E-state index contributed by atoms with van der Waals surface area (Å²) in [6.07, 6.45) is 2.01. The molecule has 0 spiro atoms. The fourth-order valence-corrected chi connectivity index (χ4v) is 1.40. The second-order valence-corrected chi connectivity index (χ2v) is 4.99. The molecule has 0 radical (unpaired) electrons. The summed E-state index contributed by atoms with van der Waals surface area (Å²) in [5.74, 6) is 0.492. The number of anilines is 1. The fourth-order valence-electron chi connectivity index (χ4n) is 1.15. The molecule has 94 valence electrons. The molecule has 5 heteroatoms. The predicted molar refractivity (Wildman–Crippen MR) is 72.3 cm³/mol. The third-order valence-corrected chi connectivity index (χ3v) is 3.19. The van der Waals surface area contributed by atoms with Gasteiger partial charge in [0.15, 0.2) is 6.61 Å². The predicted octanol–water partition coefficient (Wildman–Crippen LogP) is 1.52. The van der Waals surface area contributed by atoms with Gasteiger partial charge in [-0.05, 0) is 18.4 Å². The number of thioether (sulfide) groups is 1. The van der Waals surface area contributed by atoms with Crippen molar-refractivity contribution in [2.75, 3.05) is 25.1 Å². The summed E-state index contributed by atoms with van der Waals surface area (Å²) in [4.78, 5) is 11.4. The average molecular weight is 254 g/mol. The number of ether oxygens (including phenoxy) is 1. The van der Waals surface area contributed by atoms with E-state index in [2.05, 4.69) is 12.2 Å². The molecule has 0 fully saturated rings. The third kappa shape index (κ3) is 5.49. The molecule has 0 bridgehead atoms. The number of carbonyl (C=O) groups excluding carboxylic acids is 1. The van der Waals surface area contributed by atoms with Crippen molar-refractivity contribution < 1.29 is 9.53 Å². The van der Waals surface area contributed by atoms with E-state index in [1.807, 2.05) is 6.26 Å². The molecule has 4 nitrogen and oxygen atoms in total. The number of nitrogens with one attached hydrogen (secondary N) is 1. The van der Waals surface area contributed by atoms with Gasteiger partial charge in [0.1, 0.15) is 5.75 Å². The highest BCUT2D eigenvalue weighted by Gasteiger charge is 2.05. The van der Waals surface area contributed by atoms with Gasteiger partial charge in [-0.3, -0.25) is 4.79 Å². The van der Waals surface area contributed by atoms with Gasteiger partial charge < -0.3 is 15.8 Å². The Labute approximate surface area is 106 Å². The number of nitrogen functional groups attached to an aromatic ring is 1. The molecule has 1 aromatic rings. The first kappa shape index (κ1) is 13.7. The number of nitrogens with two attached hydrogens (primary N) is 1. The van der Waals surface area contributed by atoms with Gasteiger partial charge >= 0.3 is 0 Å². The molecule has 1 atom stereocenters. The average Bonchev–Trinajstić information content (AvgIpc) is 2.33. The van der Waals surface area contributed by atoms with E-state index >= 15 is 0 Å². The monoisotopic (exact) mass is 254 g/mol. The van der Waals surface area contributed by atoms with Gasteiger partial charge in [-0.15, -0.1) is 0 Å². The summed E-state index contributed by atoms with van der Waals surface area (Å²) < 4.78 is 5.32. The second kappa shape index (κ2) is 7.06. The lowest BCUT2D eigenvalue weighted by molar-refractivity contribution is -0.123. The van der Waals surface area contributed by atoms with Gasteiger partial charge in [-0.1, -0.05) is 13.0 Å². The van der Waals surface area contributed by atoms with Crippen LogP contribution in [0, 0.1) is 0 Å². The molecule has 1 unspecified atom stereocenters. The van der Waals surface area contributed by atoms with Crippen LogP contribution in [0.1, 0.15) is 6.92 Å². The Morgan fingerprint density at radius 2 is 2.35 bits per heavy atom. The first-order valence-corrected chi connectivity index (χ1v) is 6.68. The van der Waals surface area contributed by atoms with Gasteiger partial charge in [0, 0.05) is 23.5 Å². The summed E-state index contributed by atoms with van der Waals surface area (Å²) in [5, 5.41) is 3.21. The summed E-state index contributed by atoms with van der Waals surface area (Å²) in [5.41, 5.74) is 6.22. The Bertz CT molecular complexity index is 371. The van der Waals surface area contributed by atoms with E-state index in [1.165, 1.54) is 0 Å². The molecular weight excluding hydrogens is 236 g/mol. The van der Waals surface area contributed by atoms with Crippen LogP contribution in [0.25, 0.3) is 0 Å². The van der Waals surface area contributed by atoms with Crippen molar-refractivity contribution in [3.05, 3.63) is 24.3 Å². The Morgan fingerprint density at radius 1 is 1.59 bits per heavy atom. The van der Waals surface area contributed by atoms with Crippen LogP contribution in [0.5, 0.6) is 5.75 Å². The number of amides is 1. The van der Waals surface area contributed by atoms with Crippen LogP contribution in [0.2, 0.25) is 0 Å². The van der Waals surface area contributed by atoms with Crippen molar-refractivity contribution in [3.8, 4) is 5.75 Å². The number of rotatable bonds is 6. The Morgan fingerprint density at radius 3 is 3.00 bits per heavy atom. The molecular formula is C12H18N2O2S. The zero-order valence-electron chi connectivity index (χ0n) is 10.1. The van der Waals surface area contributed by atoms with Crippen LogP contribution in [0.15, 0.2) is 24.3 Å². The van der Waals surface area contributed by atoms with Gasteiger partial charge in [0.2, 0.25) is 0 Å². The van der Waals surface area contributed by atoms with Gasteiger partial charge in [0.25, 0.3) is 5.91 Å². The Kier molecular flexibility index (Phi) is 5.69. The van der Waals surface area contributed by atoms with Crippen LogP contribution in [0.4, 0.5) is 5.69 Å². The normalized spacial score (nSPS) is 11.9. The SMILES string of the molecule is CSC(C)CNC(=O)COc1cccc(N)c1. The van der Waals surface area contributed by atoms with Crippen molar-refractivity contribution in [1.82, 2.24) is 5.32 Å². The summed E-state index contributed by atoms with van der Waals surface area (Å²) in [7, 11) is 0. The second-order valence-electron chi connectivity index (χ2n) is 3.71. The molecule has 1 aromatic carbocycles. The smallest absolute Gasteiger partial charge is 0.257 e. The molecule has 17 heavy (non-hydrogen) atoms. The molecule has 0 aliphatic heterocycles. The van der Waals surface area contributed by atoms with Crippen molar-refractivity contribution in [2.24, 2.45) is 0 Å². The summed E-state index contributed by atoms with van der Waals surface area (Å²) >= 11 is 1.71. The highest BCUT2D eigenvalue weighted by atomic mass is 32.2. The molecule has 3 N–H and O–H groups in total. The first-order chi connectivity index (χ1) is 8.11. The van der Waals surface area contributed by atoms with Gasteiger partial charge in [0.05, 0.1) is 0 Å². The van der Waals surface area contributed by atoms with Crippen molar-refractivity contribution >= 4 is 23.4 Å². The highest BCUT2D eigenvalue weighted by Crippen LogP contribution is 2.13. The minimum absolute atomic E-state index is 0.0184. The van der Waals surface area contributed by atoms with Crippen LogP contribution in [0.3, 0.4) is 0 Å². The molecule has 0 saturated heterocycles. The zero-order valence-corrected chi connectivity index (χ0v) is 10.9. The molecule has 1 rings (SSSR count). The van der Waals surface area contributed by atoms with E-state index < -0.39 is 0 Å². The van der Waals surface area contributed by atoms with E-state index in [9.17, 15) is 4.79 Å². The fraction of sp³-hybridized carbons (Fsp3) is 0.417. The number of benzene rings is 1. The third-order valence-electron chi connectivity index (χ3n) is 2.22. The number of carbonyl (C=O) groups is 1. The van der Waals surface area contributed by atoms with Crippen molar-refractivity contribution in [3.63, 3.8) is 0 Å². The lowest BCUT2D eigenvalue weighted by Crippen LogP contribution is -2.33. The van der Waals surface area contributed by atoms with Crippen LogP contribution in [-0.4, -0.2) is 30.6 Å². The highest BCUT2D eigenvalue weighted by molar-refractivity contribution is 7.99. The quantitative estimate of drug-likeness (QED) is 0.755. The summed E-state index contributed by atoms with van der Waals surface area (Å²) in [6.45, 7) is 2.73. The maximum Gasteiger partial charge on any atom is 0.257 e. The molecule has 0 saturated carbocycles. The molecule has 0 aromatic heterocycles. The topological polar surface area (TPSA) is 64.3 Å². The van der Waals surface area contributed by atoms with Crippen molar-refractivity contribution in [2.45, 2.75) is 12.2 Å². The van der Waals surface area contributed by atoms with Gasteiger partial charge in [-0.25, -0.2) is 0 Å². The van der Waals surface area contributed by atoms with Crippen LogP contribution < -0.4 is 15.8 Å². The number of hydrogen-bond acceptors (Lipinski definition) is 4. The Hall–Kier alpha value is -1.36. The maximum absolute atomic E-state index is 11.4. The standard InChI is InChI=1S/C12H18N2O2S/c1-9(17-2)7-14-12(15)8-16-11-5-3-4-10(13)6-11/h3-6,9H,7-8,13H2,1-2H3,(H,14,15). The minimum Gasteiger partial charge on any atom is -0.484 e. The van der Waals surface area contributed by atoms with E-state index in [-0.39, 0.29) is 12.5 Å². The molecule has 0 aliphatic rings. The molecule has 0 aliphatic carbocycles. The minimum atomic E-state index is -0.117. The van der Waals surface area contributed by atoms with E-state index in [4.69, 9.17) is 10.5 Å². The first-order valence-electron chi connectivity index (χ1n) is 5.39. The molecule has 0 heterocycles. The van der Waals surface area contributed by atoms with Crippen LogP contribution in [-0.2, 0) is 4.79 Å². The Balaban J connectivity index is 2.28. The molecule has 1 amide bonds. The lowest BCUT2D eigenvalue weighted by Gasteiger charge is -2.10. The maximum atomic E-state index is 11.4.